The van der Waals surface area contributed by atoms with E-state index >= 15 is 0 Å². The van der Waals surface area contributed by atoms with E-state index in [-0.39, 0.29) is 16.5 Å². The number of nitrogens with one attached hydrogen (secondary N) is 1. The Morgan fingerprint density at radius 1 is 1.48 bits per heavy atom. The van der Waals surface area contributed by atoms with Crippen LogP contribution in [0.15, 0.2) is 17.0 Å². The first-order valence-electron chi connectivity index (χ1n) is 6.18. The van der Waals surface area contributed by atoms with E-state index in [0.29, 0.717) is 12.2 Å². The average Bonchev–Trinajstić information content (AvgIpc) is 2.37. The molecular formula is C12H17FN2O4S2. The highest BCUT2D eigenvalue weighted by Gasteiger charge is 2.26. The smallest absolute Gasteiger partial charge is 0.258 e. The molecule has 0 saturated heterocycles. The second-order valence-electron chi connectivity index (χ2n) is 4.51. The van der Waals surface area contributed by atoms with Crippen molar-refractivity contribution in [3.05, 3.63) is 33.6 Å². The largest absolute Gasteiger partial charge is 0.306 e. The molecule has 0 aliphatic carbocycles. The Kier molecular flexibility index (Phi) is 6.11. The normalized spacial score (nSPS) is 13.1. The Labute approximate surface area is 127 Å². The van der Waals surface area contributed by atoms with E-state index in [1.807, 2.05) is 13.2 Å². The molecule has 0 spiro atoms. The van der Waals surface area contributed by atoms with E-state index in [9.17, 15) is 22.9 Å². The van der Waals surface area contributed by atoms with Crippen molar-refractivity contribution in [3.63, 3.8) is 0 Å². The van der Waals surface area contributed by atoms with Gasteiger partial charge in [-0.05, 0) is 31.2 Å². The molecule has 0 bridgehead atoms. The molecule has 0 aliphatic rings. The minimum absolute atomic E-state index is 0.129. The first-order valence-corrected chi connectivity index (χ1v) is 9.06. The summed E-state index contributed by atoms with van der Waals surface area (Å²) in [6.07, 6.45) is 2.44. The van der Waals surface area contributed by atoms with Gasteiger partial charge in [0.25, 0.3) is 0 Å². The number of halogens is 1. The maximum Gasteiger partial charge on any atom is 0.306 e. The van der Waals surface area contributed by atoms with Crippen LogP contribution in [0.25, 0.3) is 0 Å². The molecule has 0 aliphatic heterocycles. The van der Waals surface area contributed by atoms with E-state index in [1.165, 1.54) is 18.7 Å². The Morgan fingerprint density at radius 3 is 2.57 bits per heavy atom. The SMILES string of the molecule is CCC(CSC)NS(=O)(=O)c1cc([N+](=O)[O-])c(F)cc1C. The van der Waals surface area contributed by atoms with Crippen LogP contribution in [0.2, 0.25) is 0 Å². The van der Waals surface area contributed by atoms with Crippen LogP contribution in [0.5, 0.6) is 0 Å². The van der Waals surface area contributed by atoms with Crippen molar-refractivity contribution in [1.82, 2.24) is 4.72 Å². The Bertz CT molecular complexity index is 634. The second kappa shape index (κ2) is 7.19. The van der Waals surface area contributed by atoms with Gasteiger partial charge in [0, 0.05) is 17.9 Å². The minimum Gasteiger partial charge on any atom is -0.258 e. The van der Waals surface area contributed by atoms with Crippen molar-refractivity contribution in [3.8, 4) is 0 Å². The lowest BCUT2D eigenvalue weighted by molar-refractivity contribution is -0.387. The van der Waals surface area contributed by atoms with Gasteiger partial charge < -0.3 is 0 Å². The van der Waals surface area contributed by atoms with Gasteiger partial charge >= 0.3 is 5.69 Å². The summed E-state index contributed by atoms with van der Waals surface area (Å²) in [5.41, 5.74) is -0.719. The molecule has 1 rings (SSSR count). The predicted octanol–water partition coefficient (Wildman–Crippen LogP) is 2.46. The molecule has 0 heterocycles. The fraction of sp³-hybridized carbons (Fsp3) is 0.500. The van der Waals surface area contributed by atoms with Crippen LogP contribution in [-0.2, 0) is 10.0 Å². The highest BCUT2D eigenvalue weighted by atomic mass is 32.2. The summed E-state index contributed by atoms with van der Waals surface area (Å²) in [5.74, 6) is -0.467. The Balaban J connectivity index is 3.25. The number of sulfonamides is 1. The lowest BCUT2D eigenvalue weighted by Crippen LogP contribution is -2.36. The van der Waals surface area contributed by atoms with Gasteiger partial charge in [-0.2, -0.15) is 16.2 Å². The van der Waals surface area contributed by atoms with Crippen LogP contribution in [0.1, 0.15) is 18.9 Å². The summed E-state index contributed by atoms with van der Waals surface area (Å²) < 4.78 is 40.6. The maximum atomic E-state index is 13.5. The summed E-state index contributed by atoms with van der Waals surface area (Å²) in [4.78, 5) is 9.53. The highest BCUT2D eigenvalue weighted by Crippen LogP contribution is 2.25. The van der Waals surface area contributed by atoms with Crippen LogP contribution >= 0.6 is 11.8 Å². The van der Waals surface area contributed by atoms with Crippen LogP contribution in [0, 0.1) is 22.9 Å². The molecule has 0 amide bonds. The molecule has 1 aromatic carbocycles. The number of nitro benzene ring substituents is 1. The molecule has 21 heavy (non-hydrogen) atoms. The van der Waals surface area contributed by atoms with E-state index in [4.69, 9.17) is 0 Å². The molecule has 1 unspecified atom stereocenters. The molecule has 1 atom stereocenters. The molecule has 0 aromatic heterocycles. The highest BCUT2D eigenvalue weighted by molar-refractivity contribution is 7.98. The van der Waals surface area contributed by atoms with Crippen molar-refractivity contribution in [2.45, 2.75) is 31.2 Å². The van der Waals surface area contributed by atoms with Gasteiger partial charge in [-0.15, -0.1) is 0 Å². The van der Waals surface area contributed by atoms with E-state index < -0.39 is 26.5 Å². The van der Waals surface area contributed by atoms with E-state index in [1.54, 1.807) is 0 Å². The van der Waals surface area contributed by atoms with Crippen molar-refractivity contribution < 1.29 is 17.7 Å². The average molecular weight is 336 g/mol. The summed E-state index contributed by atoms with van der Waals surface area (Å²) in [6.45, 7) is 3.24. The van der Waals surface area contributed by atoms with Gasteiger partial charge in [-0.1, -0.05) is 6.92 Å². The third kappa shape index (κ3) is 4.39. The van der Waals surface area contributed by atoms with Crippen molar-refractivity contribution in [2.24, 2.45) is 0 Å². The number of hydrogen-bond donors (Lipinski definition) is 1. The minimum atomic E-state index is -3.93. The maximum absolute atomic E-state index is 13.5. The monoisotopic (exact) mass is 336 g/mol. The number of rotatable bonds is 7. The molecule has 1 N–H and O–H groups in total. The second-order valence-corrected chi connectivity index (χ2v) is 7.10. The van der Waals surface area contributed by atoms with Crippen LogP contribution in [0.4, 0.5) is 10.1 Å². The third-order valence-corrected chi connectivity index (χ3v) is 5.31. The quantitative estimate of drug-likeness (QED) is 0.610. The van der Waals surface area contributed by atoms with Gasteiger partial charge in [0.2, 0.25) is 15.8 Å². The third-order valence-electron chi connectivity index (χ3n) is 2.91. The standard InChI is InChI=1S/C12H17FN2O4S2/c1-4-9(7-20-3)14-21(18,19)12-6-11(15(16)17)10(13)5-8(12)2/h5-6,9,14H,4,7H2,1-3H3. The van der Waals surface area contributed by atoms with Crippen molar-refractivity contribution in [1.29, 1.82) is 0 Å². The molecule has 6 nitrogen and oxygen atoms in total. The fourth-order valence-electron chi connectivity index (χ4n) is 1.79. The zero-order valence-corrected chi connectivity index (χ0v) is 13.6. The summed E-state index contributed by atoms with van der Waals surface area (Å²) in [7, 11) is -3.93. The number of nitro groups is 1. The molecule has 0 fully saturated rings. The van der Waals surface area contributed by atoms with Gasteiger partial charge in [0.05, 0.1) is 9.82 Å². The van der Waals surface area contributed by atoms with Crippen molar-refractivity contribution >= 4 is 27.5 Å². The summed E-state index contributed by atoms with van der Waals surface area (Å²) in [5, 5.41) is 10.7. The van der Waals surface area contributed by atoms with Gasteiger partial charge in [-0.3, -0.25) is 10.1 Å². The first-order chi connectivity index (χ1) is 9.72. The lowest BCUT2D eigenvalue weighted by Gasteiger charge is -2.17. The molecule has 0 radical (unpaired) electrons. The predicted molar refractivity (Wildman–Crippen MR) is 80.6 cm³/mol. The topological polar surface area (TPSA) is 89.3 Å². The fourth-order valence-corrected chi connectivity index (χ4v) is 4.18. The Morgan fingerprint density at radius 2 is 2.10 bits per heavy atom. The first kappa shape index (κ1) is 17.9. The number of nitrogens with zero attached hydrogens (tertiary/aromatic N) is 1. The number of benzene rings is 1. The van der Waals surface area contributed by atoms with Crippen LogP contribution in [0.3, 0.4) is 0 Å². The van der Waals surface area contributed by atoms with Gasteiger partial charge in [-0.25, -0.2) is 13.1 Å². The van der Waals surface area contributed by atoms with Gasteiger partial charge in [0.15, 0.2) is 0 Å². The number of aryl methyl sites for hydroxylation is 1. The molecule has 0 saturated carbocycles. The van der Waals surface area contributed by atoms with Crippen LogP contribution in [-0.4, -0.2) is 31.4 Å². The molecule has 9 heteroatoms. The number of thioether (sulfide) groups is 1. The molecule has 118 valence electrons. The number of hydrogen-bond acceptors (Lipinski definition) is 5. The van der Waals surface area contributed by atoms with E-state index in [0.717, 1.165) is 12.1 Å². The van der Waals surface area contributed by atoms with Gasteiger partial charge in [0.1, 0.15) is 0 Å². The summed E-state index contributed by atoms with van der Waals surface area (Å²) >= 11 is 1.49. The molecular weight excluding hydrogens is 319 g/mol. The zero-order valence-electron chi connectivity index (χ0n) is 11.9. The lowest BCUT2D eigenvalue weighted by atomic mass is 10.2. The van der Waals surface area contributed by atoms with Crippen molar-refractivity contribution in [2.75, 3.05) is 12.0 Å². The summed E-state index contributed by atoms with van der Waals surface area (Å²) in [6, 6.07) is 1.34. The molecule has 1 aromatic rings. The zero-order chi connectivity index (χ0) is 16.2. The Hall–Kier alpha value is -1.19. The van der Waals surface area contributed by atoms with E-state index in [2.05, 4.69) is 4.72 Å². The van der Waals surface area contributed by atoms with Crippen LogP contribution < -0.4 is 4.72 Å².